The molecule has 19 heavy (non-hydrogen) atoms. The first-order valence-corrected chi connectivity index (χ1v) is 6.87. The number of carbonyl (C=O) groups excluding carboxylic acids is 1. The van der Waals surface area contributed by atoms with E-state index in [4.69, 9.17) is 4.74 Å². The molecule has 0 saturated carbocycles. The van der Waals surface area contributed by atoms with Gasteiger partial charge in [-0.15, -0.1) is 0 Å². The van der Waals surface area contributed by atoms with Crippen molar-refractivity contribution >= 4 is 5.78 Å². The number of hydrogen-bond donors (Lipinski definition) is 1. The number of nitrogens with one attached hydrogen (secondary N) is 1. The van der Waals surface area contributed by atoms with Crippen molar-refractivity contribution in [2.45, 2.75) is 39.5 Å². The van der Waals surface area contributed by atoms with Gasteiger partial charge in [0.15, 0.2) is 5.78 Å². The molecule has 0 fully saturated rings. The van der Waals surface area contributed by atoms with E-state index in [2.05, 4.69) is 19.2 Å². The van der Waals surface area contributed by atoms with Crippen LogP contribution in [0.2, 0.25) is 0 Å². The molecule has 3 heteroatoms. The van der Waals surface area contributed by atoms with Crippen LogP contribution in [0.4, 0.5) is 0 Å². The van der Waals surface area contributed by atoms with Gasteiger partial charge in [0.25, 0.3) is 0 Å². The maximum atomic E-state index is 12.2. The second-order valence-electron chi connectivity index (χ2n) is 5.19. The number of rotatable bonds is 7. The van der Waals surface area contributed by atoms with Crippen molar-refractivity contribution < 1.29 is 9.53 Å². The molecular formula is C16H25NO2. The minimum atomic E-state index is 0.220. The topological polar surface area (TPSA) is 38.3 Å². The van der Waals surface area contributed by atoms with Crippen LogP contribution in [0.5, 0.6) is 5.75 Å². The van der Waals surface area contributed by atoms with Gasteiger partial charge in [0.05, 0.1) is 7.11 Å². The molecule has 1 aromatic carbocycles. The minimum absolute atomic E-state index is 0.220. The summed E-state index contributed by atoms with van der Waals surface area (Å²) in [7, 11) is 3.58. The van der Waals surface area contributed by atoms with E-state index in [1.807, 2.05) is 26.1 Å². The lowest BCUT2D eigenvalue weighted by atomic mass is 9.93. The highest BCUT2D eigenvalue weighted by Crippen LogP contribution is 2.30. The summed E-state index contributed by atoms with van der Waals surface area (Å²) in [5.74, 6) is 1.44. The Labute approximate surface area is 116 Å². The van der Waals surface area contributed by atoms with Crippen LogP contribution >= 0.6 is 0 Å². The molecule has 0 aliphatic rings. The van der Waals surface area contributed by atoms with Gasteiger partial charge in [0.2, 0.25) is 0 Å². The zero-order valence-electron chi connectivity index (χ0n) is 12.7. The molecule has 3 nitrogen and oxygen atoms in total. The van der Waals surface area contributed by atoms with E-state index in [0.717, 1.165) is 35.4 Å². The third kappa shape index (κ3) is 4.06. The lowest BCUT2D eigenvalue weighted by Gasteiger charge is -2.15. The summed E-state index contributed by atoms with van der Waals surface area (Å²) in [4.78, 5) is 12.2. The Balaban J connectivity index is 3.00. The average Bonchev–Trinajstić information content (AvgIpc) is 2.37. The number of ether oxygens (including phenoxy) is 1. The van der Waals surface area contributed by atoms with E-state index >= 15 is 0 Å². The summed E-state index contributed by atoms with van der Waals surface area (Å²) in [6.07, 6.45) is 1.46. The first-order valence-electron chi connectivity index (χ1n) is 6.87. The number of methoxy groups -OCH3 is 1. The Morgan fingerprint density at radius 3 is 2.58 bits per heavy atom. The van der Waals surface area contributed by atoms with Gasteiger partial charge in [-0.2, -0.15) is 0 Å². The number of carbonyl (C=O) groups is 1. The van der Waals surface area contributed by atoms with Crippen molar-refractivity contribution in [1.82, 2.24) is 5.32 Å². The van der Waals surface area contributed by atoms with Gasteiger partial charge < -0.3 is 10.1 Å². The Morgan fingerprint density at radius 1 is 1.37 bits per heavy atom. The fourth-order valence-electron chi connectivity index (χ4n) is 2.19. The molecule has 0 aliphatic carbocycles. The third-order valence-corrected chi connectivity index (χ3v) is 3.33. The minimum Gasteiger partial charge on any atom is -0.496 e. The van der Waals surface area contributed by atoms with Crippen molar-refractivity contribution in [3.8, 4) is 5.75 Å². The molecule has 0 radical (unpaired) electrons. The molecule has 1 rings (SSSR count). The van der Waals surface area contributed by atoms with Crippen LogP contribution < -0.4 is 10.1 Å². The number of Topliss-reactive ketones (excluding diaryl/α,β-unsaturated/α-hetero) is 1. The number of benzene rings is 1. The maximum Gasteiger partial charge on any atom is 0.163 e. The highest BCUT2D eigenvalue weighted by molar-refractivity contribution is 5.97. The molecule has 0 aromatic heterocycles. The van der Waals surface area contributed by atoms with E-state index in [-0.39, 0.29) is 5.78 Å². The van der Waals surface area contributed by atoms with Crippen molar-refractivity contribution in [2.75, 3.05) is 20.7 Å². The van der Waals surface area contributed by atoms with E-state index in [9.17, 15) is 4.79 Å². The molecule has 0 saturated heterocycles. The molecule has 1 aromatic rings. The van der Waals surface area contributed by atoms with Crippen LogP contribution in [-0.4, -0.2) is 26.5 Å². The Bertz CT molecular complexity index is 439. The fraction of sp³-hybridized carbons (Fsp3) is 0.562. The lowest BCUT2D eigenvalue weighted by Crippen LogP contribution is -2.11. The molecule has 0 bridgehead atoms. The standard InChI is InChI=1S/C16H25NO2/c1-11(2)13-10-14(12(3)9-16(13)19-5)15(18)7-6-8-17-4/h9-11,17H,6-8H2,1-5H3. The molecule has 106 valence electrons. The molecule has 0 aliphatic heterocycles. The van der Waals surface area contributed by atoms with Gasteiger partial charge in [-0.25, -0.2) is 0 Å². The van der Waals surface area contributed by atoms with Crippen molar-refractivity contribution in [1.29, 1.82) is 0 Å². The van der Waals surface area contributed by atoms with Gasteiger partial charge in [-0.1, -0.05) is 13.8 Å². The summed E-state index contributed by atoms with van der Waals surface area (Å²) in [6.45, 7) is 7.07. The molecular weight excluding hydrogens is 238 g/mol. The van der Waals surface area contributed by atoms with Crippen LogP contribution in [0.15, 0.2) is 12.1 Å². The molecule has 0 spiro atoms. The Morgan fingerprint density at radius 2 is 2.05 bits per heavy atom. The van der Waals surface area contributed by atoms with Gasteiger partial charge in [0.1, 0.15) is 5.75 Å². The van der Waals surface area contributed by atoms with Crippen LogP contribution in [0.25, 0.3) is 0 Å². The molecule has 1 N–H and O–H groups in total. The number of hydrogen-bond acceptors (Lipinski definition) is 3. The summed E-state index contributed by atoms with van der Waals surface area (Å²) in [5.41, 5.74) is 2.93. The summed E-state index contributed by atoms with van der Waals surface area (Å²) in [5, 5.41) is 3.06. The predicted octanol–water partition coefficient (Wildman–Crippen LogP) is 3.31. The van der Waals surface area contributed by atoms with Gasteiger partial charge in [0, 0.05) is 12.0 Å². The van der Waals surface area contributed by atoms with E-state index in [1.54, 1.807) is 7.11 Å². The normalized spacial score (nSPS) is 10.8. The zero-order chi connectivity index (χ0) is 14.4. The second kappa shape index (κ2) is 7.29. The van der Waals surface area contributed by atoms with E-state index < -0.39 is 0 Å². The Hall–Kier alpha value is -1.35. The smallest absolute Gasteiger partial charge is 0.163 e. The number of ketones is 1. The quantitative estimate of drug-likeness (QED) is 0.606. The number of aryl methyl sites for hydroxylation is 1. The SMILES string of the molecule is CNCCCC(=O)c1cc(C(C)C)c(OC)cc1C. The molecule has 0 atom stereocenters. The highest BCUT2D eigenvalue weighted by atomic mass is 16.5. The van der Waals surface area contributed by atoms with Crippen LogP contribution in [0, 0.1) is 6.92 Å². The first-order chi connectivity index (χ1) is 9.01. The summed E-state index contributed by atoms with van der Waals surface area (Å²) in [6, 6.07) is 3.97. The van der Waals surface area contributed by atoms with E-state index in [1.165, 1.54) is 0 Å². The van der Waals surface area contributed by atoms with Crippen molar-refractivity contribution in [3.05, 3.63) is 28.8 Å². The van der Waals surface area contributed by atoms with Gasteiger partial charge in [-0.05, 0) is 56.1 Å². The van der Waals surface area contributed by atoms with Gasteiger partial charge >= 0.3 is 0 Å². The lowest BCUT2D eigenvalue weighted by molar-refractivity contribution is 0.0979. The zero-order valence-corrected chi connectivity index (χ0v) is 12.7. The van der Waals surface area contributed by atoms with Crippen LogP contribution in [-0.2, 0) is 0 Å². The molecule has 0 amide bonds. The largest absolute Gasteiger partial charge is 0.496 e. The van der Waals surface area contributed by atoms with Gasteiger partial charge in [-0.3, -0.25) is 4.79 Å². The third-order valence-electron chi connectivity index (χ3n) is 3.33. The predicted molar refractivity (Wildman–Crippen MR) is 79.3 cm³/mol. The van der Waals surface area contributed by atoms with Crippen LogP contribution in [0.3, 0.4) is 0 Å². The Kier molecular flexibility index (Phi) is 6.03. The van der Waals surface area contributed by atoms with Crippen LogP contribution in [0.1, 0.15) is 54.1 Å². The van der Waals surface area contributed by atoms with Crippen molar-refractivity contribution in [2.24, 2.45) is 0 Å². The summed E-state index contributed by atoms with van der Waals surface area (Å²) >= 11 is 0. The monoisotopic (exact) mass is 263 g/mol. The average molecular weight is 263 g/mol. The second-order valence-corrected chi connectivity index (χ2v) is 5.19. The molecule has 0 heterocycles. The first kappa shape index (κ1) is 15.7. The fourth-order valence-corrected chi connectivity index (χ4v) is 2.19. The van der Waals surface area contributed by atoms with E-state index in [0.29, 0.717) is 12.3 Å². The van der Waals surface area contributed by atoms with Crippen molar-refractivity contribution in [3.63, 3.8) is 0 Å². The highest BCUT2D eigenvalue weighted by Gasteiger charge is 2.15. The molecule has 0 unspecified atom stereocenters. The summed E-state index contributed by atoms with van der Waals surface area (Å²) < 4.78 is 5.40. The maximum absolute atomic E-state index is 12.2.